The number of rotatable bonds is 7. The van der Waals surface area contributed by atoms with Crippen molar-refractivity contribution >= 4 is 15.7 Å². The van der Waals surface area contributed by atoms with E-state index >= 15 is 0 Å². The molecule has 0 spiro atoms. The molecule has 0 aliphatic heterocycles. The van der Waals surface area contributed by atoms with Crippen LogP contribution in [0.15, 0.2) is 24.3 Å². The lowest BCUT2D eigenvalue weighted by Crippen LogP contribution is -2.13. The minimum absolute atomic E-state index is 0.0806. The Bertz CT molecular complexity index is 429. The number of anilines is 1. The summed E-state index contributed by atoms with van der Waals surface area (Å²) < 4.78 is 24.4. The average molecular weight is 257 g/mol. The van der Waals surface area contributed by atoms with Crippen LogP contribution in [0.2, 0.25) is 0 Å². The molecule has 0 amide bonds. The molecular weight excluding hydrogens is 240 g/mol. The third-order valence-corrected chi connectivity index (χ3v) is 2.68. The molecule has 0 aliphatic carbocycles. The van der Waals surface area contributed by atoms with Crippen molar-refractivity contribution in [2.24, 2.45) is 0 Å². The molecule has 17 heavy (non-hydrogen) atoms. The van der Waals surface area contributed by atoms with E-state index in [1.807, 2.05) is 12.1 Å². The normalized spacial score (nSPS) is 11.4. The molecule has 0 unspecified atom stereocenters. The number of aliphatic hydroxyl groups excluding tert-OH is 1. The van der Waals surface area contributed by atoms with E-state index in [0.717, 1.165) is 18.2 Å². The molecule has 6 heteroatoms. The van der Waals surface area contributed by atoms with Gasteiger partial charge in [-0.15, -0.1) is 0 Å². The summed E-state index contributed by atoms with van der Waals surface area (Å²) >= 11 is 0. The third kappa shape index (κ3) is 6.25. The lowest BCUT2D eigenvalue weighted by Gasteiger charge is -2.05. The summed E-state index contributed by atoms with van der Waals surface area (Å²) in [4.78, 5) is 0. The van der Waals surface area contributed by atoms with Gasteiger partial charge in [0.05, 0.1) is 12.9 Å². The number of nitrogens with one attached hydrogen (secondary N) is 1. The van der Waals surface area contributed by atoms with Crippen LogP contribution in [0.25, 0.3) is 0 Å². The number of nitrogens with zero attached hydrogens (tertiary/aromatic N) is 1. The van der Waals surface area contributed by atoms with Gasteiger partial charge in [0.1, 0.15) is 0 Å². The first-order valence-corrected chi connectivity index (χ1v) is 7.21. The number of hydrogen-bond acceptors (Lipinski definition) is 3. The average Bonchev–Trinajstić information content (AvgIpc) is 2.25. The van der Waals surface area contributed by atoms with E-state index in [-0.39, 0.29) is 6.61 Å². The van der Waals surface area contributed by atoms with Crippen LogP contribution in [0.4, 0.5) is 5.69 Å². The van der Waals surface area contributed by atoms with Crippen LogP contribution in [-0.2, 0) is 16.4 Å². The molecule has 0 bridgehead atoms. The SMILES string of the molecule is CS(=O)(=O)Nc1ccc(CC[N]CCO)cc1. The standard InChI is InChI=1S/C11H17N2O3S/c1-17(15,16)13-11-4-2-10(3-5-11)6-7-12-8-9-14/h2-5,13-14H,6-9H2,1H3. The molecule has 95 valence electrons. The van der Waals surface area contributed by atoms with E-state index in [1.54, 1.807) is 12.1 Å². The summed E-state index contributed by atoms with van der Waals surface area (Å²) in [5.74, 6) is 0. The summed E-state index contributed by atoms with van der Waals surface area (Å²) in [5, 5.41) is 12.7. The van der Waals surface area contributed by atoms with E-state index in [2.05, 4.69) is 10.0 Å². The highest BCUT2D eigenvalue weighted by molar-refractivity contribution is 7.92. The first-order chi connectivity index (χ1) is 8.01. The zero-order valence-corrected chi connectivity index (χ0v) is 10.6. The van der Waals surface area contributed by atoms with Crippen molar-refractivity contribution in [1.82, 2.24) is 5.32 Å². The molecule has 0 saturated heterocycles. The van der Waals surface area contributed by atoms with Gasteiger partial charge in [-0.1, -0.05) is 12.1 Å². The van der Waals surface area contributed by atoms with Crippen LogP contribution in [0, 0.1) is 0 Å². The molecule has 0 fully saturated rings. The fourth-order valence-electron chi connectivity index (χ4n) is 1.34. The van der Waals surface area contributed by atoms with Gasteiger partial charge < -0.3 is 5.11 Å². The fourth-order valence-corrected chi connectivity index (χ4v) is 1.91. The van der Waals surface area contributed by atoms with Gasteiger partial charge in [-0.25, -0.2) is 13.7 Å². The Morgan fingerprint density at radius 2 is 1.88 bits per heavy atom. The van der Waals surface area contributed by atoms with Crippen molar-refractivity contribution in [2.45, 2.75) is 6.42 Å². The van der Waals surface area contributed by atoms with E-state index in [1.165, 1.54) is 0 Å². The Hall–Kier alpha value is -1.11. The van der Waals surface area contributed by atoms with Crippen molar-refractivity contribution in [2.75, 3.05) is 30.7 Å². The van der Waals surface area contributed by atoms with Crippen LogP contribution >= 0.6 is 0 Å². The van der Waals surface area contributed by atoms with Crippen molar-refractivity contribution in [3.8, 4) is 0 Å². The molecule has 1 rings (SSSR count). The van der Waals surface area contributed by atoms with Gasteiger partial charge in [0.25, 0.3) is 0 Å². The quantitative estimate of drug-likeness (QED) is 0.685. The Kier molecular flexibility index (Phi) is 5.40. The molecule has 5 nitrogen and oxygen atoms in total. The molecule has 1 aromatic rings. The minimum atomic E-state index is -3.21. The van der Waals surface area contributed by atoms with Crippen molar-refractivity contribution in [1.29, 1.82) is 0 Å². The second kappa shape index (κ2) is 6.58. The maximum atomic E-state index is 11.0. The van der Waals surface area contributed by atoms with E-state index in [0.29, 0.717) is 18.8 Å². The van der Waals surface area contributed by atoms with E-state index < -0.39 is 10.0 Å². The topological polar surface area (TPSA) is 80.5 Å². The van der Waals surface area contributed by atoms with Crippen LogP contribution in [-0.4, -0.2) is 39.5 Å². The number of aliphatic hydroxyl groups is 1. The maximum absolute atomic E-state index is 11.0. The largest absolute Gasteiger partial charge is 0.395 e. The van der Waals surface area contributed by atoms with Crippen molar-refractivity contribution < 1.29 is 13.5 Å². The van der Waals surface area contributed by atoms with Crippen LogP contribution < -0.4 is 10.0 Å². The first kappa shape index (κ1) is 14.0. The molecule has 1 radical (unpaired) electrons. The molecule has 0 aromatic heterocycles. The zero-order valence-electron chi connectivity index (χ0n) is 9.76. The second-order valence-corrected chi connectivity index (χ2v) is 5.46. The van der Waals surface area contributed by atoms with Crippen LogP contribution in [0.3, 0.4) is 0 Å². The lowest BCUT2D eigenvalue weighted by atomic mass is 10.1. The molecule has 0 heterocycles. The van der Waals surface area contributed by atoms with E-state index in [4.69, 9.17) is 5.11 Å². The predicted molar refractivity (Wildman–Crippen MR) is 67.6 cm³/mol. The summed E-state index contributed by atoms with van der Waals surface area (Å²) in [7, 11) is -3.21. The zero-order chi connectivity index (χ0) is 12.7. The summed E-state index contributed by atoms with van der Waals surface area (Å²) in [6, 6.07) is 7.18. The smallest absolute Gasteiger partial charge is 0.229 e. The summed E-state index contributed by atoms with van der Waals surface area (Å²) in [6.07, 6.45) is 1.91. The molecule has 0 saturated carbocycles. The maximum Gasteiger partial charge on any atom is 0.229 e. The molecular formula is C11H17N2O3S. The Morgan fingerprint density at radius 3 is 2.41 bits per heavy atom. The molecule has 2 N–H and O–H groups in total. The molecule has 0 aliphatic rings. The summed E-state index contributed by atoms with van der Waals surface area (Å²) in [5.41, 5.74) is 1.65. The van der Waals surface area contributed by atoms with Gasteiger partial charge in [0, 0.05) is 18.8 Å². The third-order valence-electron chi connectivity index (χ3n) is 2.07. The van der Waals surface area contributed by atoms with Gasteiger partial charge in [0.2, 0.25) is 10.0 Å². The number of hydrogen-bond donors (Lipinski definition) is 2. The first-order valence-electron chi connectivity index (χ1n) is 5.32. The molecule has 1 aromatic carbocycles. The lowest BCUT2D eigenvalue weighted by molar-refractivity contribution is 0.291. The monoisotopic (exact) mass is 257 g/mol. The number of benzene rings is 1. The van der Waals surface area contributed by atoms with Gasteiger partial charge in [-0.05, 0) is 24.1 Å². The fraction of sp³-hybridized carbons (Fsp3) is 0.455. The predicted octanol–water partition coefficient (Wildman–Crippen LogP) is 0.197. The highest BCUT2D eigenvalue weighted by Crippen LogP contribution is 2.10. The van der Waals surface area contributed by atoms with Gasteiger partial charge in [-0.3, -0.25) is 4.72 Å². The molecule has 0 atom stereocenters. The van der Waals surface area contributed by atoms with Gasteiger partial charge in [0.15, 0.2) is 0 Å². The highest BCUT2D eigenvalue weighted by Gasteiger charge is 2.01. The van der Waals surface area contributed by atoms with Crippen molar-refractivity contribution in [3.63, 3.8) is 0 Å². The van der Waals surface area contributed by atoms with Crippen LogP contribution in [0.5, 0.6) is 0 Å². The Balaban J connectivity index is 2.45. The highest BCUT2D eigenvalue weighted by atomic mass is 32.2. The van der Waals surface area contributed by atoms with Gasteiger partial charge in [-0.2, -0.15) is 0 Å². The van der Waals surface area contributed by atoms with Crippen molar-refractivity contribution in [3.05, 3.63) is 29.8 Å². The Labute approximate surface area is 102 Å². The van der Waals surface area contributed by atoms with Gasteiger partial charge >= 0.3 is 0 Å². The summed E-state index contributed by atoms with van der Waals surface area (Å²) in [6.45, 7) is 1.21. The van der Waals surface area contributed by atoms with Crippen LogP contribution in [0.1, 0.15) is 5.56 Å². The van der Waals surface area contributed by atoms with E-state index in [9.17, 15) is 8.42 Å². The Morgan fingerprint density at radius 1 is 1.24 bits per heavy atom. The number of sulfonamides is 1. The minimum Gasteiger partial charge on any atom is -0.395 e. The second-order valence-electron chi connectivity index (χ2n) is 3.72.